The number of carbonyl (C=O) groups excluding carboxylic acids is 2. The van der Waals surface area contributed by atoms with Crippen LogP contribution in [0.5, 0.6) is 5.75 Å². The fourth-order valence-corrected chi connectivity index (χ4v) is 4.54. The molecule has 2 aliphatic heterocycles. The summed E-state index contributed by atoms with van der Waals surface area (Å²) in [6, 6.07) is 8.07. The monoisotopic (exact) mass is 372 g/mol. The highest BCUT2D eigenvalue weighted by Gasteiger charge is 2.42. The first-order chi connectivity index (χ1) is 13.0. The molecule has 0 bridgehead atoms. The van der Waals surface area contributed by atoms with Gasteiger partial charge in [0.2, 0.25) is 11.8 Å². The quantitative estimate of drug-likeness (QED) is 0.770. The molecule has 148 valence electrons. The molecule has 0 N–H and O–H groups in total. The Morgan fingerprint density at radius 1 is 1.19 bits per heavy atom. The van der Waals surface area contributed by atoms with Gasteiger partial charge in [-0.15, -0.1) is 0 Å². The second-order valence-corrected chi connectivity index (χ2v) is 8.03. The summed E-state index contributed by atoms with van der Waals surface area (Å²) in [6.45, 7) is 5.32. The standard InChI is InChI=1S/C22H32N2O3/c1-3-23-16-22(14-12-21(23)26)13-5-15-24(17-22)20(25)7-4-6-18-8-10-19(27-2)11-9-18/h8-11H,3-7,12-17H2,1-2H3/t22-/m0/s1. The lowest BCUT2D eigenvalue weighted by atomic mass is 9.73. The number of piperidine rings is 2. The van der Waals surface area contributed by atoms with Crippen LogP contribution in [-0.2, 0) is 16.0 Å². The van der Waals surface area contributed by atoms with Crippen LogP contribution >= 0.6 is 0 Å². The Bertz CT molecular complexity index is 658. The van der Waals surface area contributed by atoms with E-state index < -0.39 is 0 Å². The van der Waals surface area contributed by atoms with Gasteiger partial charge in [0.1, 0.15) is 5.75 Å². The first-order valence-electron chi connectivity index (χ1n) is 10.2. The maximum Gasteiger partial charge on any atom is 0.222 e. The Labute approximate surface area is 162 Å². The lowest BCUT2D eigenvalue weighted by molar-refractivity contribution is -0.142. The smallest absolute Gasteiger partial charge is 0.222 e. The number of aryl methyl sites for hydroxylation is 1. The zero-order chi connectivity index (χ0) is 19.3. The van der Waals surface area contributed by atoms with E-state index in [0.29, 0.717) is 12.8 Å². The normalized spacial score (nSPS) is 23.0. The summed E-state index contributed by atoms with van der Waals surface area (Å²) in [5.41, 5.74) is 1.36. The van der Waals surface area contributed by atoms with Crippen LogP contribution in [0.2, 0.25) is 0 Å². The van der Waals surface area contributed by atoms with Gasteiger partial charge in [0.15, 0.2) is 0 Å². The number of hydrogen-bond acceptors (Lipinski definition) is 3. The van der Waals surface area contributed by atoms with Crippen molar-refractivity contribution in [3.05, 3.63) is 29.8 Å². The predicted octanol–water partition coefficient (Wildman–Crippen LogP) is 3.27. The fraction of sp³-hybridized carbons (Fsp3) is 0.636. The highest BCUT2D eigenvalue weighted by molar-refractivity contribution is 5.78. The average molecular weight is 373 g/mol. The van der Waals surface area contributed by atoms with Crippen LogP contribution in [0, 0.1) is 5.41 Å². The Kier molecular flexibility index (Phi) is 6.40. The van der Waals surface area contributed by atoms with Gasteiger partial charge in [-0.05, 0) is 56.7 Å². The summed E-state index contributed by atoms with van der Waals surface area (Å²) in [6.07, 6.45) is 6.12. The highest BCUT2D eigenvalue weighted by atomic mass is 16.5. The molecule has 2 aliphatic rings. The van der Waals surface area contributed by atoms with Crippen molar-refractivity contribution in [2.75, 3.05) is 33.3 Å². The molecule has 1 aromatic carbocycles. The van der Waals surface area contributed by atoms with Gasteiger partial charge in [0.05, 0.1) is 7.11 Å². The zero-order valence-electron chi connectivity index (χ0n) is 16.7. The third-order valence-corrected chi connectivity index (χ3v) is 6.16. The van der Waals surface area contributed by atoms with Gasteiger partial charge < -0.3 is 14.5 Å². The van der Waals surface area contributed by atoms with E-state index in [-0.39, 0.29) is 17.2 Å². The predicted molar refractivity (Wildman–Crippen MR) is 106 cm³/mol. The Morgan fingerprint density at radius 3 is 2.67 bits per heavy atom. The van der Waals surface area contributed by atoms with Crippen LogP contribution in [0.3, 0.4) is 0 Å². The van der Waals surface area contributed by atoms with E-state index in [1.165, 1.54) is 5.56 Å². The number of methoxy groups -OCH3 is 1. The number of ether oxygens (including phenoxy) is 1. The van der Waals surface area contributed by atoms with E-state index in [0.717, 1.165) is 64.0 Å². The van der Waals surface area contributed by atoms with Crippen LogP contribution in [0.25, 0.3) is 0 Å². The molecular formula is C22H32N2O3. The molecule has 0 radical (unpaired) electrons. The minimum atomic E-state index is 0.119. The molecule has 0 unspecified atom stereocenters. The molecular weight excluding hydrogens is 340 g/mol. The van der Waals surface area contributed by atoms with Gasteiger partial charge >= 0.3 is 0 Å². The van der Waals surface area contributed by atoms with Crippen molar-refractivity contribution in [2.24, 2.45) is 5.41 Å². The number of carbonyl (C=O) groups is 2. The minimum absolute atomic E-state index is 0.119. The van der Waals surface area contributed by atoms with Gasteiger partial charge in [-0.1, -0.05) is 12.1 Å². The Balaban J connectivity index is 1.50. The molecule has 2 heterocycles. The van der Waals surface area contributed by atoms with E-state index in [4.69, 9.17) is 4.74 Å². The first kappa shape index (κ1) is 19.7. The molecule has 0 saturated carbocycles. The zero-order valence-corrected chi connectivity index (χ0v) is 16.7. The molecule has 2 saturated heterocycles. The summed E-state index contributed by atoms with van der Waals surface area (Å²) in [5, 5.41) is 0. The molecule has 1 aromatic rings. The van der Waals surface area contributed by atoms with E-state index in [1.807, 2.05) is 24.0 Å². The van der Waals surface area contributed by atoms with Crippen molar-refractivity contribution in [2.45, 2.75) is 51.9 Å². The van der Waals surface area contributed by atoms with Crippen molar-refractivity contribution in [1.82, 2.24) is 9.80 Å². The third kappa shape index (κ3) is 4.82. The number of rotatable bonds is 6. The molecule has 5 nitrogen and oxygen atoms in total. The molecule has 3 rings (SSSR count). The Hall–Kier alpha value is -2.04. The van der Waals surface area contributed by atoms with Crippen LogP contribution in [0.15, 0.2) is 24.3 Å². The van der Waals surface area contributed by atoms with Crippen LogP contribution < -0.4 is 4.74 Å². The second-order valence-electron chi connectivity index (χ2n) is 8.03. The number of nitrogens with zero attached hydrogens (tertiary/aromatic N) is 2. The van der Waals surface area contributed by atoms with Crippen molar-refractivity contribution >= 4 is 11.8 Å². The number of likely N-dealkylation sites (tertiary alicyclic amines) is 2. The molecule has 5 heteroatoms. The molecule has 1 atom stereocenters. The Morgan fingerprint density at radius 2 is 1.96 bits per heavy atom. The van der Waals surface area contributed by atoms with Gasteiger partial charge in [-0.2, -0.15) is 0 Å². The molecule has 0 aromatic heterocycles. The number of amides is 2. The molecule has 27 heavy (non-hydrogen) atoms. The van der Waals surface area contributed by atoms with Gasteiger partial charge in [0, 0.05) is 44.4 Å². The van der Waals surface area contributed by atoms with E-state index in [1.54, 1.807) is 7.11 Å². The van der Waals surface area contributed by atoms with E-state index in [9.17, 15) is 9.59 Å². The first-order valence-corrected chi connectivity index (χ1v) is 10.2. The number of benzene rings is 1. The minimum Gasteiger partial charge on any atom is -0.497 e. The lowest BCUT2D eigenvalue weighted by Crippen LogP contribution is -2.55. The number of hydrogen-bond donors (Lipinski definition) is 0. The fourth-order valence-electron chi connectivity index (χ4n) is 4.54. The molecule has 1 spiro atoms. The maximum atomic E-state index is 12.8. The summed E-state index contributed by atoms with van der Waals surface area (Å²) in [5.74, 6) is 1.40. The molecule has 0 aliphatic carbocycles. The highest BCUT2D eigenvalue weighted by Crippen LogP contribution is 2.39. The summed E-state index contributed by atoms with van der Waals surface area (Å²) in [4.78, 5) is 28.8. The lowest BCUT2D eigenvalue weighted by Gasteiger charge is -2.48. The van der Waals surface area contributed by atoms with Crippen LogP contribution in [-0.4, -0.2) is 54.9 Å². The van der Waals surface area contributed by atoms with Crippen molar-refractivity contribution < 1.29 is 14.3 Å². The van der Waals surface area contributed by atoms with Crippen LogP contribution in [0.4, 0.5) is 0 Å². The average Bonchev–Trinajstić information content (AvgIpc) is 2.70. The SMILES string of the molecule is CCN1C[C@]2(CCCN(C(=O)CCCc3ccc(OC)cc3)C2)CCC1=O. The van der Waals surface area contributed by atoms with E-state index in [2.05, 4.69) is 17.0 Å². The summed E-state index contributed by atoms with van der Waals surface area (Å²) >= 11 is 0. The van der Waals surface area contributed by atoms with Gasteiger partial charge in [0.25, 0.3) is 0 Å². The maximum absolute atomic E-state index is 12.8. The van der Waals surface area contributed by atoms with Gasteiger partial charge in [-0.3, -0.25) is 9.59 Å². The van der Waals surface area contributed by atoms with Crippen LogP contribution in [0.1, 0.15) is 51.0 Å². The van der Waals surface area contributed by atoms with Gasteiger partial charge in [-0.25, -0.2) is 0 Å². The topological polar surface area (TPSA) is 49.9 Å². The second kappa shape index (κ2) is 8.77. The third-order valence-electron chi connectivity index (χ3n) is 6.16. The molecule has 2 fully saturated rings. The van der Waals surface area contributed by atoms with Crippen molar-refractivity contribution in [1.29, 1.82) is 0 Å². The van der Waals surface area contributed by atoms with Crippen molar-refractivity contribution in [3.63, 3.8) is 0 Å². The summed E-state index contributed by atoms with van der Waals surface area (Å²) in [7, 11) is 1.67. The van der Waals surface area contributed by atoms with E-state index >= 15 is 0 Å². The largest absolute Gasteiger partial charge is 0.497 e. The van der Waals surface area contributed by atoms with Crippen molar-refractivity contribution in [3.8, 4) is 5.75 Å². The summed E-state index contributed by atoms with van der Waals surface area (Å²) < 4.78 is 5.18. The molecule has 2 amide bonds.